The number of hydrogen-bond acceptors (Lipinski definition) is 3. The van der Waals surface area contributed by atoms with E-state index in [1.165, 1.54) is 0 Å². The van der Waals surface area contributed by atoms with Crippen LogP contribution >= 0.6 is 0 Å². The van der Waals surface area contributed by atoms with E-state index >= 15 is 0 Å². The first-order valence-electron chi connectivity index (χ1n) is 7.89. The number of carbonyl (C=O) groups excluding carboxylic acids is 1. The molecule has 2 rings (SSSR count). The molecule has 1 heterocycles. The van der Waals surface area contributed by atoms with E-state index in [0.717, 1.165) is 44.5 Å². The molecule has 4 nitrogen and oxygen atoms in total. The number of carbonyl (C=O) groups is 1. The van der Waals surface area contributed by atoms with Gasteiger partial charge in [-0.05, 0) is 45.3 Å². The predicted octanol–water partition coefficient (Wildman–Crippen LogP) is 2.52. The predicted molar refractivity (Wildman–Crippen MR) is 84.0 cm³/mol. The van der Waals surface area contributed by atoms with Crippen LogP contribution in [0.2, 0.25) is 0 Å². The van der Waals surface area contributed by atoms with Crippen LogP contribution in [0.5, 0.6) is 5.75 Å². The Morgan fingerprint density at radius 2 is 2.05 bits per heavy atom. The van der Waals surface area contributed by atoms with Crippen molar-refractivity contribution in [2.75, 3.05) is 13.1 Å². The fourth-order valence-corrected chi connectivity index (χ4v) is 2.70. The first-order valence-corrected chi connectivity index (χ1v) is 7.89. The average Bonchev–Trinajstić information content (AvgIpc) is 2.50. The van der Waals surface area contributed by atoms with Crippen LogP contribution in [0.15, 0.2) is 24.3 Å². The molecule has 116 valence electrons. The smallest absolute Gasteiger partial charge is 0.223 e. The highest BCUT2D eigenvalue weighted by Gasteiger charge is 2.25. The van der Waals surface area contributed by atoms with Crippen LogP contribution in [-0.4, -0.2) is 35.0 Å². The van der Waals surface area contributed by atoms with E-state index in [2.05, 4.69) is 17.1 Å². The summed E-state index contributed by atoms with van der Waals surface area (Å²) < 4.78 is 0. The fraction of sp³-hybridized carbons (Fsp3) is 0.588. The van der Waals surface area contributed by atoms with Gasteiger partial charge in [-0.2, -0.15) is 0 Å². The number of benzene rings is 1. The standard InChI is InChI=1S/C17H26N2O2/c1-3-13(2)18-17(21)14-8-10-19(11-9-14)12-15-6-4-5-7-16(15)20/h4-7,13-14,20H,3,8-12H2,1-2H3,(H,18,21). The molecule has 1 unspecified atom stereocenters. The number of piperidine rings is 1. The van der Waals surface area contributed by atoms with E-state index in [0.29, 0.717) is 5.75 Å². The minimum Gasteiger partial charge on any atom is -0.508 e. The maximum Gasteiger partial charge on any atom is 0.223 e. The molecule has 1 aliphatic rings. The zero-order valence-corrected chi connectivity index (χ0v) is 13.0. The van der Waals surface area contributed by atoms with Crippen molar-refractivity contribution in [2.24, 2.45) is 5.92 Å². The summed E-state index contributed by atoms with van der Waals surface area (Å²) in [6, 6.07) is 7.72. The number of phenols is 1. The highest BCUT2D eigenvalue weighted by Crippen LogP contribution is 2.22. The molecule has 21 heavy (non-hydrogen) atoms. The molecule has 1 saturated heterocycles. The van der Waals surface area contributed by atoms with Gasteiger partial charge in [0.25, 0.3) is 0 Å². The Hall–Kier alpha value is -1.55. The molecule has 1 aromatic rings. The molecule has 0 spiro atoms. The number of rotatable bonds is 5. The van der Waals surface area contributed by atoms with Crippen molar-refractivity contribution in [1.29, 1.82) is 0 Å². The van der Waals surface area contributed by atoms with Gasteiger partial charge in [-0.3, -0.25) is 9.69 Å². The Balaban J connectivity index is 1.81. The number of nitrogens with one attached hydrogen (secondary N) is 1. The summed E-state index contributed by atoms with van der Waals surface area (Å²) in [5.74, 6) is 0.695. The van der Waals surface area contributed by atoms with E-state index in [-0.39, 0.29) is 17.9 Å². The number of phenolic OH excluding ortho intramolecular Hbond substituents is 1. The second-order valence-electron chi connectivity index (χ2n) is 6.00. The molecule has 0 aliphatic carbocycles. The van der Waals surface area contributed by atoms with Crippen molar-refractivity contribution in [1.82, 2.24) is 10.2 Å². The van der Waals surface area contributed by atoms with Gasteiger partial charge in [0.15, 0.2) is 0 Å². The second-order valence-corrected chi connectivity index (χ2v) is 6.00. The summed E-state index contributed by atoms with van der Waals surface area (Å²) in [5.41, 5.74) is 0.958. The van der Waals surface area contributed by atoms with Crippen molar-refractivity contribution in [3.8, 4) is 5.75 Å². The van der Waals surface area contributed by atoms with Crippen molar-refractivity contribution in [3.05, 3.63) is 29.8 Å². The van der Waals surface area contributed by atoms with Crippen LogP contribution in [-0.2, 0) is 11.3 Å². The second kappa shape index (κ2) is 7.46. The number of nitrogens with zero attached hydrogens (tertiary/aromatic N) is 1. The van der Waals surface area contributed by atoms with Crippen molar-refractivity contribution in [3.63, 3.8) is 0 Å². The van der Waals surface area contributed by atoms with Gasteiger partial charge in [0.1, 0.15) is 5.75 Å². The van der Waals surface area contributed by atoms with Crippen LogP contribution in [0.25, 0.3) is 0 Å². The molecule has 1 atom stereocenters. The highest BCUT2D eigenvalue weighted by atomic mass is 16.3. The minimum absolute atomic E-state index is 0.139. The van der Waals surface area contributed by atoms with Crippen molar-refractivity contribution < 1.29 is 9.90 Å². The van der Waals surface area contributed by atoms with Gasteiger partial charge >= 0.3 is 0 Å². The van der Waals surface area contributed by atoms with E-state index in [1.807, 2.05) is 25.1 Å². The normalized spacial score (nSPS) is 18.4. The lowest BCUT2D eigenvalue weighted by atomic mass is 9.95. The monoisotopic (exact) mass is 290 g/mol. The van der Waals surface area contributed by atoms with Gasteiger partial charge in [0.2, 0.25) is 5.91 Å². The van der Waals surface area contributed by atoms with Gasteiger partial charge in [-0.15, -0.1) is 0 Å². The molecule has 1 aromatic carbocycles. The molecule has 0 radical (unpaired) electrons. The third kappa shape index (κ3) is 4.46. The summed E-state index contributed by atoms with van der Waals surface area (Å²) in [6.45, 7) is 6.71. The van der Waals surface area contributed by atoms with Crippen LogP contribution < -0.4 is 5.32 Å². The van der Waals surface area contributed by atoms with Gasteiger partial charge < -0.3 is 10.4 Å². The van der Waals surface area contributed by atoms with Crippen LogP contribution in [0, 0.1) is 5.92 Å². The Bertz CT molecular complexity index is 468. The first-order chi connectivity index (χ1) is 10.1. The van der Waals surface area contributed by atoms with Gasteiger partial charge in [-0.25, -0.2) is 0 Å². The van der Waals surface area contributed by atoms with Crippen molar-refractivity contribution >= 4 is 5.91 Å². The summed E-state index contributed by atoms with van der Waals surface area (Å²) in [6.07, 6.45) is 2.77. The SMILES string of the molecule is CCC(C)NC(=O)C1CCN(Cc2ccccc2O)CC1. The number of aromatic hydroxyl groups is 1. The molecule has 1 amide bonds. The third-order valence-electron chi connectivity index (χ3n) is 4.34. The lowest BCUT2D eigenvalue weighted by Crippen LogP contribution is -2.42. The number of amides is 1. The summed E-state index contributed by atoms with van der Waals surface area (Å²) in [4.78, 5) is 14.4. The zero-order valence-electron chi connectivity index (χ0n) is 13.0. The fourth-order valence-electron chi connectivity index (χ4n) is 2.70. The minimum atomic E-state index is 0.139. The molecule has 2 N–H and O–H groups in total. The largest absolute Gasteiger partial charge is 0.508 e. The Kier molecular flexibility index (Phi) is 5.62. The van der Waals surface area contributed by atoms with E-state index < -0.39 is 0 Å². The zero-order chi connectivity index (χ0) is 15.2. The van der Waals surface area contributed by atoms with Gasteiger partial charge in [0.05, 0.1) is 0 Å². The Morgan fingerprint density at radius 1 is 1.38 bits per heavy atom. The molecular weight excluding hydrogens is 264 g/mol. The molecule has 0 bridgehead atoms. The van der Waals surface area contributed by atoms with Crippen LogP contribution in [0.1, 0.15) is 38.7 Å². The topological polar surface area (TPSA) is 52.6 Å². The molecule has 0 aromatic heterocycles. The van der Waals surface area contributed by atoms with Gasteiger partial charge in [0, 0.05) is 24.1 Å². The molecule has 4 heteroatoms. The number of para-hydroxylation sites is 1. The first kappa shape index (κ1) is 15.8. The highest BCUT2D eigenvalue weighted by molar-refractivity contribution is 5.79. The Morgan fingerprint density at radius 3 is 2.67 bits per heavy atom. The summed E-state index contributed by atoms with van der Waals surface area (Å²) in [7, 11) is 0. The van der Waals surface area contributed by atoms with E-state index in [9.17, 15) is 9.90 Å². The molecule has 0 saturated carbocycles. The quantitative estimate of drug-likeness (QED) is 0.876. The molecule has 1 aliphatic heterocycles. The maximum absolute atomic E-state index is 12.1. The van der Waals surface area contributed by atoms with Crippen LogP contribution in [0.4, 0.5) is 0 Å². The lowest BCUT2D eigenvalue weighted by molar-refractivity contribution is -0.127. The number of likely N-dealkylation sites (tertiary alicyclic amines) is 1. The van der Waals surface area contributed by atoms with Gasteiger partial charge in [-0.1, -0.05) is 25.1 Å². The Labute approximate surface area is 127 Å². The lowest BCUT2D eigenvalue weighted by Gasteiger charge is -2.32. The molecule has 1 fully saturated rings. The molecular formula is C17H26N2O2. The third-order valence-corrected chi connectivity index (χ3v) is 4.34. The van der Waals surface area contributed by atoms with Crippen molar-refractivity contribution in [2.45, 2.75) is 45.7 Å². The summed E-state index contributed by atoms with van der Waals surface area (Å²) in [5, 5.41) is 12.9. The summed E-state index contributed by atoms with van der Waals surface area (Å²) >= 11 is 0. The van der Waals surface area contributed by atoms with E-state index in [4.69, 9.17) is 0 Å². The number of hydrogen-bond donors (Lipinski definition) is 2. The maximum atomic E-state index is 12.1. The average molecular weight is 290 g/mol. The van der Waals surface area contributed by atoms with Crippen LogP contribution in [0.3, 0.4) is 0 Å². The van der Waals surface area contributed by atoms with E-state index in [1.54, 1.807) is 6.07 Å².